The number of primary sulfonamides is 1. The second-order valence-corrected chi connectivity index (χ2v) is 5.45. The highest BCUT2D eigenvalue weighted by molar-refractivity contribution is 7.89. The zero-order chi connectivity index (χ0) is 13.9. The molecular formula is C13H14N2O3S. The molecule has 0 radical (unpaired) electrons. The molecule has 5 nitrogen and oxygen atoms in total. The summed E-state index contributed by atoms with van der Waals surface area (Å²) in [5.41, 5.74) is 0.983. The van der Waals surface area contributed by atoms with Crippen molar-refractivity contribution in [2.75, 3.05) is 12.4 Å². The van der Waals surface area contributed by atoms with Crippen molar-refractivity contribution in [3.05, 3.63) is 48.5 Å². The van der Waals surface area contributed by atoms with Crippen LogP contribution in [0.15, 0.2) is 53.4 Å². The SMILES string of the molecule is CNc1ccc(Oc2ccc(S(N)(=O)=O)cc2)cc1. The summed E-state index contributed by atoms with van der Waals surface area (Å²) in [6, 6.07) is 13.3. The monoisotopic (exact) mass is 278 g/mol. The minimum atomic E-state index is -3.67. The molecule has 0 atom stereocenters. The summed E-state index contributed by atoms with van der Waals surface area (Å²) in [6.07, 6.45) is 0. The van der Waals surface area contributed by atoms with Crippen LogP contribution in [0.1, 0.15) is 0 Å². The number of hydrogen-bond acceptors (Lipinski definition) is 4. The van der Waals surface area contributed by atoms with Gasteiger partial charge in [0, 0.05) is 12.7 Å². The van der Waals surface area contributed by atoms with Crippen molar-refractivity contribution in [3.8, 4) is 11.5 Å². The van der Waals surface area contributed by atoms with Gasteiger partial charge >= 0.3 is 0 Å². The van der Waals surface area contributed by atoms with Gasteiger partial charge in [-0.25, -0.2) is 13.6 Å². The van der Waals surface area contributed by atoms with E-state index in [1.165, 1.54) is 12.1 Å². The maximum absolute atomic E-state index is 11.1. The smallest absolute Gasteiger partial charge is 0.238 e. The lowest BCUT2D eigenvalue weighted by Gasteiger charge is -2.07. The Morgan fingerprint density at radius 3 is 1.84 bits per heavy atom. The lowest BCUT2D eigenvalue weighted by atomic mass is 10.3. The van der Waals surface area contributed by atoms with Crippen LogP contribution in [-0.4, -0.2) is 15.5 Å². The molecule has 0 fully saturated rings. The van der Waals surface area contributed by atoms with E-state index >= 15 is 0 Å². The summed E-state index contributed by atoms with van der Waals surface area (Å²) in [5.74, 6) is 1.21. The molecule has 0 amide bonds. The highest BCUT2D eigenvalue weighted by Crippen LogP contribution is 2.23. The second kappa shape index (κ2) is 5.29. The minimum absolute atomic E-state index is 0.0605. The van der Waals surface area contributed by atoms with Gasteiger partial charge in [0.15, 0.2) is 0 Å². The molecule has 100 valence electrons. The number of rotatable bonds is 4. The number of nitrogens with two attached hydrogens (primary N) is 1. The average Bonchev–Trinajstić information content (AvgIpc) is 2.39. The van der Waals surface area contributed by atoms with Gasteiger partial charge in [0.05, 0.1) is 4.90 Å². The Bertz CT molecular complexity index is 649. The summed E-state index contributed by atoms with van der Waals surface area (Å²) in [5, 5.41) is 8.02. The van der Waals surface area contributed by atoms with Gasteiger partial charge in [-0.15, -0.1) is 0 Å². The molecule has 2 aromatic carbocycles. The molecule has 0 unspecified atom stereocenters. The molecule has 2 rings (SSSR count). The van der Waals surface area contributed by atoms with E-state index in [1.54, 1.807) is 12.1 Å². The highest BCUT2D eigenvalue weighted by Gasteiger charge is 2.07. The van der Waals surface area contributed by atoms with Crippen molar-refractivity contribution in [2.45, 2.75) is 4.90 Å². The van der Waals surface area contributed by atoms with E-state index in [2.05, 4.69) is 5.32 Å². The van der Waals surface area contributed by atoms with Crippen molar-refractivity contribution in [1.82, 2.24) is 0 Å². The first-order valence-corrected chi connectivity index (χ1v) is 7.12. The van der Waals surface area contributed by atoms with Crippen LogP contribution in [0.4, 0.5) is 5.69 Å². The van der Waals surface area contributed by atoms with E-state index in [-0.39, 0.29) is 4.90 Å². The molecule has 0 aromatic heterocycles. The van der Waals surface area contributed by atoms with Crippen LogP contribution in [0.5, 0.6) is 11.5 Å². The van der Waals surface area contributed by atoms with Gasteiger partial charge in [0.2, 0.25) is 10.0 Å². The molecule has 0 saturated heterocycles. The Morgan fingerprint density at radius 1 is 0.947 bits per heavy atom. The molecule has 6 heteroatoms. The molecular weight excluding hydrogens is 264 g/mol. The van der Waals surface area contributed by atoms with Crippen molar-refractivity contribution >= 4 is 15.7 Å². The van der Waals surface area contributed by atoms with Gasteiger partial charge in [0.1, 0.15) is 11.5 Å². The van der Waals surface area contributed by atoms with Crippen molar-refractivity contribution in [1.29, 1.82) is 0 Å². The lowest BCUT2D eigenvalue weighted by molar-refractivity contribution is 0.482. The third kappa shape index (κ3) is 3.46. The summed E-state index contributed by atoms with van der Waals surface area (Å²) < 4.78 is 27.8. The van der Waals surface area contributed by atoms with Crippen LogP contribution in [0.3, 0.4) is 0 Å². The Hall–Kier alpha value is -2.05. The summed E-state index contributed by atoms with van der Waals surface area (Å²) in [4.78, 5) is 0.0605. The largest absolute Gasteiger partial charge is 0.457 e. The van der Waals surface area contributed by atoms with Crippen LogP contribution >= 0.6 is 0 Å². The fourth-order valence-electron chi connectivity index (χ4n) is 1.52. The van der Waals surface area contributed by atoms with Gasteiger partial charge in [-0.3, -0.25) is 0 Å². The van der Waals surface area contributed by atoms with Gasteiger partial charge in [0.25, 0.3) is 0 Å². The van der Waals surface area contributed by atoms with E-state index < -0.39 is 10.0 Å². The number of hydrogen-bond donors (Lipinski definition) is 2. The molecule has 0 bridgehead atoms. The number of ether oxygens (including phenoxy) is 1. The fourth-order valence-corrected chi connectivity index (χ4v) is 2.04. The topological polar surface area (TPSA) is 81.4 Å². The zero-order valence-electron chi connectivity index (χ0n) is 10.3. The van der Waals surface area contributed by atoms with E-state index in [1.807, 2.05) is 31.3 Å². The Balaban J connectivity index is 2.15. The van der Waals surface area contributed by atoms with E-state index in [0.29, 0.717) is 11.5 Å². The maximum atomic E-state index is 11.1. The normalized spacial score (nSPS) is 11.1. The highest BCUT2D eigenvalue weighted by atomic mass is 32.2. The molecule has 0 spiro atoms. The van der Waals surface area contributed by atoms with E-state index in [4.69, 9.17) is 9.88 Å². The summed E-state index contributed by atoms with van der Waals surface area (Å²) >= 11 is 0. The number of sulfonamides is 1. The first-order chi connectivity index (χ1) is 8.99. The quantitative estimate of drug-likeness (QED) is 0.898. The summed E-state index contributed by atoms with van der Waals surface area (Å²) in [7, 11) is -1.83. The van der Waals surface area contributed by atoms with E-state index in [0.717, 1.165) is 5.69 Å². The predicted octanol–water partition coefficient (Wildman–Crippen LogP) is 2.17. The standard InChI is InChI=1S/C13H14N2O3S/c1-15-10-2-4-11(5-3-10)18-12-6-8-13(9-7-12)19(14,16)17/h2-9,15H,1H3,(H2,14,16,17). The molecule has 0 saturated carbocycles. The van der Waals surface area contributed by atoms with Crippen LogP contribution < -0.4 is 15.2 Å². The van der Waals surface area contributed by atoms with Crippen LogP contribution in [0.25, 0.3) is 0 Å². The molecule has 0 heterocycles. The maximum Gasteiger partial charge on any atom is 0.238 e. The molecule has 19 heavy (non-hydrogen) atoms. The van der Waals surface area contributed by atoms with Gasteiger partial charge < -0.3 is 10.1 Å². The first kappa shape index (κ1) is 13.4. The zero-order valence-corrected chi connectivity index (χ0v) is 11.1. The van der Waals surface area contributed by atoms with Crippen molar-refractivity contribution < 1.29 is 13.2 Å². The summed E-state index contributed by atoms with van der Waals surface area (Å²) in [6.45, 7) is 0. The molecule has 0 aliphatic carbocycles. The predicted molar refractivity (Wildman–Crippen MR) is 73.9 cm³/mol. The van der Waals surface area contributed by atoms with Crippen LogP contribution in [-0.2, 0) is 10.0 Å². The van der Waals surface area contributed by atoms with Crippen LogP contribution in [0, 0.1) is 0 Å². The average molecular weight is 278 g/mol. The molecule has 3 N–H and O–H groups in total. The molecule has 0 aliphatic heterocycles. The Kier molecular flexibility index (Phi) is 3.73. The van der Waals surface area contributed by atoms with Gasteiger partial charge in [-0.2, -0.15) is 0 Å². The third-order valence-electron chi connectivity index (χ3n) is 2.53. The second-order valence-electron chi connectivity index (χ2n) is 3.89. The fraction of sp³-hybridized carbons (Fsp3) is 0.0769. The lowest BCUT2D eigenvalue weighted by Crippen LogP contribution is -2.11. The Morgan fingerprint density at radius 2 is 1.42 bits per heavy atom. The Labute approximate surface area is 112 Å². The number of nitrogens with one attached hydrogen (secondary N) is 1. The minimum Gasteiger partial charge on any atom is -0.457 e. The number of anilines is 1. The molecule has 2 aromatic rings. The van der Waals surface area contributed by atoms with Crippen molar-refractivity contribution in [3.63, 3.8) is 0 Å². The van der Waals surface area contributed by atoms with Gasteiger partial charge in [-0.1, -0.05) is 0 Å². The third-order valence-corrected chi connectivity index (χ3v) is 3.46. The number of benzene rings is 2. The molecule has 0 aliphatic rings. The first-order valence-electron chi connectivity index (χ1n) is 5.57. The van der Waals surface area contributed by atoms with Gasteiger partial charge in [-0.05, 0) is 48.5 Å². The van der Waals surface area contributed by atoms with Crippen LogP contribution in [0.2, 0.25) is 0 Å². The van der Waals surface area contributed by atoms with E-state index in [9.17, 15) is 8.42 Å². The van der Waals surface area contributed by atoms with Crippen molar-refractivity contribution in [2.24, 2.45) is 5.14 Å².